The van der Waals surface area contributed by atoms with Gasteiger partial charge in [0.2, 0.25) is 5.13 Å². The van der Waals surface area contributed by atoms with Crippen LogP contribution < -0.4 is 4.90 Å². The van der Waals surface area contributed by atoms with Crippen molar-refractivity contribution in [3.8, 4) is 0 Å². The Morgan fingerprint density at radius 1 is 1.10 bits per heavy atom. The molecule has 2 aliphatic heterocycles. The summed E-state index contributed by atoms with van der Waals surface area (Å²) in [6, 6.07) is 7.47. The largest absolute Gasteiger partial charge is 0.483 e. The third-order valence-corrected chi connectivity index (χ3v) is 7.51. The maximum absolute atomic E-state index is 13.6. The third-order valence-electron chi connectivity index (χ3n) is 6.29. The van der Waals surface area contributed by atoms with Crippen LogP contribution in [0.25, 0.3) is 0 Å². The molecular formula is C23H25N3O3S. The summed E-state index contributed by atoms with van der Waals surface area (Å²) in [4.78, 5) is 28.7. The van der Waals surface area contributed by atoms with Gasteiger partial charge in [-0.15, -0.1) is 10.2 Å². The van der Waals surface area contributed by atoms with Gasteiger partial charge in [0.1, 0.15) is 11.1 Å². The van der Waals surface area contributed by atoms with Crippen molar-refractivity contribution in [2.75, 3.05) is 4.90 Å². The lowest BCUT2D eigenvalue weighted by Crippen LogP contribution is -2.39. The molecule has 3 heterocycles. The molecule has 0 bridgehead atoms. The van der Waals surface area contributed by atoms with E-state index < -0.39 is 6.04 Å². The normalized spacial score (nSPS) is 26.1. The summed E-state index contributed by atoms with van der Waals surface area (Å²) in [5.74, 6) is 0.0688. The lowest BCUT2D eigenvalue weighted by molar-refractivity contribution is -0.131. The molecule has 0 radical (unpaired) electrons. The predicted octanol–water partition coefficient (Wildman–Crippen LogP) is 4.47. The van der Waals surface area contributed by atoms with Gasteiger partial charge in [-0.1, -0.05) is 61.4 Å². The summed E-state index contributed by atoms with van der Waals surface area (Å²) >= 11 is 1.41. The zero-order valence-corrected chi connectivity index (χ0v) is 18.2. The Kier molecular flexibility index (Phi) is 4.73. The molecule has 3 aliphatic rings. The molecule has 5 rings (SSSR count). The van der Waals surface area contributed by atoms with Gasteiger partial charge < -0.3 is 4.74 Å². The van der Waals surface area contributed by atoms with E-state index in [1.54, 1.807) is 4.90 Å². The summed E-state index contributed by atoms with van der Waals surface area (Å²) in [7, 11) is 0. The quantitative estimate of drug-likeness (QED) is 0.728. The number of hydrogen-bond acceptors (Lipinski definition) is 6. The molecule has 6 nitrogen and oxygen atoms in total. The average Bonchev–Trinajstić information content (AvgIpc) is 3.33. The number of aryl methyl sites for hydroxylation is 1. The van der Waals surface area contributed by atoms with E-state index in [0.29, 0.717) is 10.7 Å². The van der Waals surface area contributed by atoms with Crippen LogP contribution in [-0.2, 0) is 14.3 Å². The average molecular weight is 424 g/mol. The molecule has 30 heavy (non-hydrogen) atoms. The molecule has 0 N–H and O–H groups in total. The van der Waals surface area contributed by atoms with Crippen molar-refractivity contribution >= 4 is 28.2 Å². The summed E-state index contributed by atoms with van der Waals surface area (Å²) in [6.07, 6.45) is 3.52. The van der Waals surface area contributed by atoms with E-state index in [9.17, 15) is 9.59 Å². The van der Waals surface area contributed by atoms with E-state index in [4.69, 9.17) is 4.74 Å². The number of rotatable bonds is 3. The van der Waals surface area contributed by atoms with E-state index >= 15 is 0 Å². The highest BCUT2D eigenvalue weighted by Gasteiger charge is 2.53. The summed E-state index contributed by atoms with van der Waals surface area (Å²) < 4.78 is 6.20. The van der Waals surface area contributed by atoms with Crippen LogP contribution in [0.5, 0.6) is 0 Å². The number of fused-ring (bicyclic) bond motifs is 1. The Morgan fingerprint density at radius 2 is 1.83 bits per heavy atom. The molecular weight excluding hydrogens is 398 g/mol. The van der Waals surface area contributed by atoms with Gasteiger partial charge in [-0.3, -0.25) is 14.5 Å². The molecule has 7 heteroatoms. The maximum Gasteiger partial charge on any atom is 0.296 e. The van der Waals surface area contributed by atoms with E-state index in [1.807, 2.05) is 45.0 Å². The van der Waals surface area contributed by atoms with Gasteiger partial charge in [0.15, 0.2) is 11.5 Å². The minimum atomic E-state index is -0.517. The standard InChI is InChI=1S/C23H25N3O3S/c1-12(2)21-24-25-23(30-21)26-18(14-10-8-13(3)9-11-14)17-19(27)15-6-4-5-7-16(15)29-20(17)22(26)28/h8-12,15-16,18H,4-7H2,1-3H3. The Hall–Kier alpha value is -2.54. The fourth-order valence-electron chi connectivity index (χ4n) is 4.66. The van der Waals surface area contributed by atoms with Crippen molar-refractivity contribution in [1.29, 1.82) is 0 Å². The van der Waals surface area contributed by atoms with Gasteiger partial charge in [0, 0.05) is 5.92 Å². The van der Waals surface area contributed by atoms with Crippen LogP contribution in [0.2, 0.25) is 0 Å². The van der Waals surface area contributed by atoms with E-state index in [0.717, 1.165) is 41.8 Å². The van der Waals surface area contributed by atoms with E-state index in [1.165, 1.54) is 11.3 Å². The Balaban J connectivity index is 1.63. The molecule has 3 atom stereocenters. The molecule has 1 saturated carbocycles. The molecule has 1 aromatic heterocycles. The summed E-state index contributed by atoms with van der Waals surface area (Å²) in [6.45, 7) is 6.12. The number of amides is 1. The molecule has 156 valence electrons. The number of aromatic nitrogens is 2. The van der Waals surface area contributed by atoms with Gasteiger partial charge in [-0.25, -0.2) is 0 Å². The van der Waals surface area contributed by atoms with Gasteiger partial charge in [0.25, 0.3) is 5.91 Å². The summed E-state index contributed by atoms with van der Waals surface area (Å²) in [5.41, 5.74) is 2.51. The monoisotopic (exact) mass is 423 g/mol. The van der Waals surface area contributed by atoms with Gasteiger partial charge in [-0.05, 0) is 31.7 Å². The molecule has 0 spiro atoms. The first-order valence-electron chi connectivity index (χ1n) is 10.6. The predicted molar refractivity (Wildman–Crippen MR) is 114 cm³/mol. The van der Waals surface area contributed by atoms with Crippen LogP contribution in [0.15, 0.2) is 35.6 Å². The number of Topliss-reactive ketones (excluding diaryl/α,β-unsaturated/α-hetero) is 1. The Morgan fingerprint density at radius 3 is 2.53 bits per heavy atom. The SMILES string of the molecule is Cc1ccc(C2C3=C(OC4CCCCC4C3=O)C(=O)N2c2nnc(C(C)C)s2)cc1. The zero-order valence-electron chi connectivity index (χ0n) is 17.4. The molecule has 1 amide bonds. The van der Waals surface area contributed by atoms with Gasteiger partial charge in [-0.2, -0.15) is 0 Å². The van der Waals surface area contributed by atoms with Crippen LogP contribution in [0, 0.1) is 12.8 Å². The van der Waals surface area contributed by atoms with Crippen molar-refractivity contribution < 1.29 is 14.3 Å². The van der Waals surface area contributed by atoms with Crippen molar-refractivity contribution in [2.24, 2.45) is 5.92 Å². The van der Waals surface area contributed by atoms with Crippen LogP contribution in [0.1, 0.15) is 67.6 Å². The first-order chi connectivity index (χ1) is 14.5. The van der Waals surface area contributed by atoms with Crippen LogP contribution >= 0.6 is 11.3 Å². The molecule has 0 saturated heterocycles. The molecule has 3 unspecified atom stereocenters. The number of ether oxygens (including phenoxy) is 1. The van der Waals surface area contributed by atoms with Gasteiger partial charge in [0.05, 0.1) is 17.5 Å². The second kappa shape index (κ2) is 7.30. The minimum absolute atomic E-state index is 0.0657. The van der Waals surface area contributed by atoms with Crippen LogP contribution in [0.4, 0.5) is 5.13 Å². The molecule has 1 fully saturated rings. The fourth-order valence-corrected chi connectivity index (χ4v) is 5.54. The van der Waals surface area contributed by atoms with Crippen molar-refractivity contribution in [1.82, 2.24) is 10.2 Å². The second-order valence-corrected chi connectivity index (χ2v) is 9.71. The number of nitrogens with zero attached hydrogens (tertiary/aromatic N) is 3. The van der Waals surface area contributed by atoms with Gasteiger partial charge >= 0.3 is 0 Å². The number of ketones is 1. The highest BCUT2D eigenvalue weighted by molar-refractivity contribution is 7.15. The van der Waals surface area contributed by atoms with Crippen molar-refractivity contribution in [3.05, 3.63) is 51.7 Å². The van der Waals surface area contributed by atoms with Crippen LogP contribution in [0.3, 0.4) is 0 Å². The van der Waals surface area contributed by atoms with Crippen molar-refractivity contribution in [2.45, 2.75) is 64.5 Å². The number of anilines is 1. The number of benzene rings is 1. The zero-order chi connectivity index (χ0) is 21.0. The number of carbonyl (C=O) groups excluding carboxylic acids is 2. The van der Waals surface area contributed by atoms with Crippen LogP contribution in [-0.4, -0.2) is 28.0 Å². The Bertz CT molecular complexity index is 1040. The van der Waals surface area contributed by atoms with Crippen molar-refractivity contribution in [3.63, 3.8) is 0 Å². The molecule has 2 aromatic rings. The minimum Gasteiger partial charge on any atom is -0.483 e. The smallest absolute Gasteiger partial charge is 0.296 e. The molecule has 1 aliphatic carbocycles. The topological polar surface area (TPSA) is 72.4 Å². The fraction of sp³-hybridized carbons (Fsp3) is 0.478. The maximum atomic E-state index is 13.6. The third kappa shape index (κ3) is 2.98. The summed E-state index contributed by atoms with van der Waals surface area (Å²) in [5, 5.41) is 9.98. The lowest BCUT2D eigenvalue weighted by atomic mass is 9.77. The highest BCUT2D eigenvalue weighted by Crippen LogP contribution is 2.48. The number of hydrogen-bond donors (Lipinski definition) is 0. The highest BCUT2D eigenvalue weighted by atomic mass is 32.1. The number of carbonyl (C=O) groups is 2. The van der Waals surface area contributed by atoms with E-state index in [2.05, 4.69) is 10.2 Å². The lowest BCUT2D eigenvalue weighted by Gasteiger charge is -2.35. The first kappa shape index (κ1) is 19.4. The van der Waals surface area contributed by atoms with E-state index in [-0.39, 0.29) is 35.4 Å². The first-order valence-corrected chi connectivity index (χ1v) is 11.5. The Labute approximate surface area is 180 Å². The molecule has 1 aromatic carbocycles. The second-order valence-electron chi connectivity index (χ2n) is 8.72.